The molecule has 2 nitrogen and oxygen atoms in total. The van der Waals surface area contributed by atoms with Crippen molar-refractivity contribution < 1.29 is 18.3 Å². The van der Waals surface area contributed by atoms with Gasteiger partial charge in [-0.15, -0.1) is 0 Å². The number of hydrogen-bond acceptors (Lipinski definition) is 2. The maximum absolute atomic E-state index is 12.0. The molecule has 0 bridgehead atoms. The van der Waals surface area contributed by atoms with Crippen LogP contribution in [0.1, 0.15) is 12.0 Å². The summed E-state index contributed by atoms with van der Waals surface area (Å²) in [5.41, 5.74) is 0.527. The van der Waals surface area contributed by atoms with Crippen LogP contribution in [-0.2, 0) is 4.79 Å². The van der Waals surface area contributed by atoms with Crippen molar-refractivity contribution in [2.75, 3.05) is 0 Å². The highest BCUT2D eigenvalue weighted by atomic mass is 19.3. The molecule has 0 saturated heterocycles. The van der Waals surface area contributed by atoms with Gasteiger partial charge in [0.2, 0.25) is 0 Å². The smallest absolute Gasteiger partial charge is 0.387 e. The molecule has 1 aromatic carbocycles. The van der Waals surface area contributed by atoms with Crippen LogP contribution in [0.3, 0.4) is 0 Å². The van der Waals surface area contributed by atoms with Crippen LogP contribution in [0.25, 0.3) is 6.08 Å². The first-order chi connectivity index (χ1) is 7.24. The first kappa shape index (κ1) is 11.4. The van der Waals surface area contributed by atoms with Crippen LogP contribution in [0, 0.1) is 0 Å². The van der Waals surface area contributed by atoms with Crippen molar-refractivity contribution >= 4 is 12.4 Å². The van der Waals surface area contributed by atoms with Gasteiger partial charge in [-0.05, 0) is 6.07 Å². The number of alkyl halides is 2. The van der Waals surface area contributed by atoms with Gasteiger partial charge in [0.25, 0.3) is 0 Å². The fourth-order valence-electron chi connectivity index (χ4n) is 1.07. The summed E-state index contributed by atoms with van der Waals surface area (Å²) in [6, 6.07) is 6.40. The number of aldehydes is 1. The summed E-state index contributed by atoms with van der Waals surface area (Å²) in [6.45, 7) is -2.84. The Balaban J connectivity index is 2.81. The number of carbonyl (C=O) groups excluding carboxylic acids is 1. The average Bonchev–Trinajstić information content (AvgIpc) is 2.20. The molecule has 0 aliphatic carbocycles. The minimum Gasteiger partial charge on any atom is -0.434 e. The largest absolute Gasteiger partial charge is 0.434 e. The second-order valence-electron chi connectivity index (χ2n) is 2.72. The summed E-state index contributed by atoms with van der Waals surface area (Å²) >= 11 is 0. The van der Waals surface area contributed by atoms with Gasteiger partial charge in [0.05, 0.1) is 0 Å². The third-order valence-corrected chi connectivity index (χ3v) is 1.66. The number of allylic oxidation sites excluding steroid dienone is 1. The van der Waals surface area contributed by atoms with Gasteiger partial charge >= 0.3 is 6.61 Å². The van der Waals surface area contributed by atoms with Gasteiger partial charge < -0.3 is 9.53 Å². The number of para-hydroxylation sites is 1. The quantitative estimate of drug-likeness (QED) is 0.701. The zero-order valence-corrected chi connectivity index (χ0v) is 7.90. The molecule has 80 valence electrons. The highest BCUT2D eigenvalue weighted by Gasteiger charge is 2.06. The summed E-state index contributed by atoms with van der Waals surface area (Å²) in [4.78, 5) is 10.1. The molecule has 0 radical (unpaired) electrons. The predicted octanol–water partition coefficient (Wildman–Crippen LogP) is 2.89. The van der Waals surface area contributed by atoms with Gasteiger partial charge in [-0.25, -0.2) is 0 Å². The highest BCUT2D eigenvalue weighted by molar-refractivity contribution is 5.61. The zero-order valence-electron chi connectivity index (χ0n) is 7.90. The molecule has 0 atom stereocenters. The first-order valence-electron chi connectivity index (χ1n) is 4.38. The van der Waals surface area contributed by atoms with Gasteiger partial charge in [0, 0.05) is 12.0 Å². The monoisotopic (exact) mass is 212 g/mol. The number of hydrogen-bond donors (Lipinski definition) is 0. The van der Waals surface area contributed by atoms with E-state index >= 15 is 0 Å². The van der Waals surface area contributed by atoms with Crippen LogP contribution in [0.2, 0.25) is 0 Å². The van der Waals surface area contributed by atoms with Crippen molar-refractivity contribution in [3.63, 3.8) is 0 Å². The van der Waals surface area contributed by atoms with Crippen molar-refractivity contribution in [2.45, 2.75) is 13.0 Å². The number of carbonyl (C=O) groups is 1. The van der Waals surface area contributed by atoms with E-state index in [1.807, 2.05) is 0 Å². The molecule has 0 spiro atoms. The summed E-state index contributed by atoms with van der Waals surface area (Å²) in [5.74, 6) is 0.106. The maximum Gasteiger partial charge on any atom is 0.387 e. The Morgan fingerprint density at radius 1 is 1.33 bits per heavy atom. The molecule has 0 aromatic heterocycles. The van der Waals surface area contributed by atoms with E-state index in [0.29, 0.717) is 5.56 Å². The highest BCUT2D eigenvalue weighted by Crippen LogP contribution is 2.21. The lowest BCUT2D eigenvalue weighted by Gasteiger charge is -2.06. The van der Waals surface area contributed by atoms with Crippen molar-refractivity contribution in [3.05, 3.63) is 35.9 Å². The van der Waals surface area contributed by atoms with Gasteiger partial charge in [-0.2, -0.15) is 8.78 Å². The number of halogens is 2. The second kappa shape index (κ2) is 5.90. The predicted molar refractivity (Wildman–Crippen MR) is 52.8 cm³/mol. The van der Waals surface area contributed by atoms with E-state index < -0.39 is 6.61 Å². The van der Waals surface area contributed by atoms with E-state index in [0.717, 1.165) is 6.29 Å². The molecule has 0 aliphatic heterocycles. The Kier molecular flexibility index (Phi) is 4.47. The molecule has 4 heteroatoms. The minimum atomic E-state index is -2.84. The van der Waals surface area contributed by atoms with Gasteiger partial charge in [0.15, 0.2) is 0 Å². The number of rotatable bonds is 5. The fourth-order valence-corrected chi connectivity index (χ4v) is 1.07. The van der Waals surface area contributed by atoms with Gasteiger partial charge in [0.1, 0.15) is 12.0 Å². The molecule has 0 N–H and O–H groups in total. The lowest BCUT2D eigenvalue weighted by Crippen LogP contribution is -2.02. The van der Waals surface area contributed by atoms with Crippen LogP contribution in [0.5, 0.6) is 5.75 Å². The van der Waals surface area contributed by atoms with E-state index in [9.17, 15) is 13.6 Å². The molecule has 0 heterocycles. The maximum atomic E-state index is 12.0. The van der Waals surface area contributed by atoms with E-state index in [1.54, 1.807) is 30.4 Å². The average molecular weight is 212 g/mol. The number of ether oxygens (including phenoxy) is 1. The van der Waals surface area contributed by atoms with Crippen LogP contribution in [-0.4, -0.2) is 12.9 Å². The van der Waals surface area contributed by atoms with Crippen molar-refractivity contribution in [1.82, 2.24) is 0 Å². The lowest BCUT2D eigenvalue weighted by molar-refractivity contribution is -0.107. The Hall–Kier alpha value is -1.71. The van der Waals surface area contributed by atoms with Crippen LogP contribution >= 0.6 is 0 Å². The molecule has 0 fully saturated rings. The molecular formula is C11H10F2O2. The van der Waals surface area contributed by atoms with Crippen LogP contribution < -0.4 is 4.74 Å². The zero-order chi connectivity index (χ0) is 11.1. The van der Waals surface area contributed by atoms with Crippen molar-refractivity contribution in [3.8, 4) is 5.75 Å². The van der Waals surface area contributed by atoms with Gasteiger partial charge in [-0.1, -0.05) is 30.4 Å². The summed E-state index contributed by atoms with van der Waals surface area (Å²) in [7, 11) is 0. The van der Waals surface area contributed by atoms with Crippen LogP contribution in [0.15, 0.2) is 30.3 Å². The SMILES string of the molecule is O=CCC=Cc1ccccc1OC(F)F. The summed E-state index contributed by atoms with van der Waals surface area (Å²) < 4.78 is 28.3. The molecular weight excluding hydrogens is 202 g/mol. The molecule has 0 amide bonds. The second-order valence-corrected chi connectivity index (χ2v) is 2.72. The number of benzene rings is 1. The topological polar surface area (TPSA) is 26.3 Å². The molecule has 0 saturated carbocycles. The van der Waals surface area contributed by atoms with Gasteiger partial charge in [-0.3, -0.25) is 0 Å². The Bertz CT molecular complexity index is 348. The summed E-state index contributed by atoms with van der Waals surface area (Å²) in [5, 5.41) is 0. The van der Waals surface area contributed by atoms with E-state index in [4.69, 9.17) is 0 Å². The molecule has 0 unspecified atom stereocenters. The third kappa shape index (κ3) is 3.89. The molecule has 0 aliphatic rings. The Morgan fingerprint density at radius 3 is 2.73 bits per heavy atom. The lowest BCUT2D eigenvalue weighted by atomic mass is 10.2. The normalized spacial score (nSPS) is 10.9. The Labute approximate surface area is 86.2 Å². The third-order valence-electron chi connectivity index (χ3n) is 1.66. The standard InChI is InChI=1S/C11H10F2O2/c12-11(13)15-10-7-2-1-5-9(10)6-3-4-8-14/h1-3,5-8,11H,4H2. The van der Waals surface area contributed by atoms with Crippen molar-refractivity contribution in [2.24, 2.45) is 0 Å². The fraction of sp³-hybridized carbons (Fsp3) is 0.182. The molecule has 1 aromatic rings. The summed E-state index contributed by atoms with van der Waals surface area (Å²) in [6.07, 6.45) is 4.14. The Morgan fingerprint density at radius 2 is 2.07 bits per heavy atom. The molecule has 1 rings (SSSR count). The van der Waals surface area contributed by atoms with Crippen molar-refractivity contribution in [1.29, 1.82) is 0 Å². The van der Waals surface area contributed by atoms with Crippen LogP contribution in [0.4, 0.5) is 8.78 Å². The van der Waals surface area contributed by atoms with E-state index in [2.05, 4.69) is 4.74 Å². The molecule has 15 heavy (non-hydrogen) atoms. The van der Waals surface area contributed by atoms with E-state index in [1.165, 1.54) is 6.07 Å². The van der Waals surface area contributed by atoms with E-state index in [-0.39, 0.29) is 12.2 Å². The first-order valence-corrected chi connectivity index (χ1v) is 4.38. The minimum absolute atomic E-state index is 0.106.